The van der Waals surface area contributed by atoms with Gasteiger partial charge in [0.1, 0.15) is 5.58 Å². The molecule has 0 unspecified atom stereocenters. The Morgan fingerprint density at radius 2 is 1.09 bits per heavy atom. The number of aryl methyl sites for hydroxylation is 1. The quantitative estimate of drug-likeness (QED) is 0.165. The molecule has 3 heterocycles. The van der Waals surface area contributed by atoms with Crippen molar-refractivity contribution in [1.29, 1.82) is 0 Å². The lowest BCUT2D eigenvalue weighted by Gasteiger charge is -2.45. The van der Waals surface area contributed by atoms with E-state index in [0.717, 1.165) is 11.2 Å². The summed E-state index contributed by atoms with van der Waals surface area (Å²) in [7, 11) is 0. The summed E-state index contributed by atoms with van der Waals surface area (Å²) in [6, 6.07) is 32.6. The molecule has 6 aromatic rings. The van der Waals surface area contributed by atoms with Crippen molar-refractivity contribution < 1.29 is 4.42 Å². The van der Waals surface area contributed by atoms with Crippen molar-refractivity contribution in [3.8, 4) is 0 Å². The summed E-state index contributed by atoms with van der Waals surface area (Å²) in [6.07, 6.45) is 11.1. The zero-order valence-corrected chi connectivity index (χ0v) is 43.8. The van der Waals surface area contributed by atoms with Gasteiger partial charge in [0.15, 0.2) is 0 Å². The van der Waals surface area contributed by atoms with Gasteiger partial charge >= 0.3 is 0 Å². The average Bonchev–Trinajstić information content (AvgIpc) is 3.64. The van der Waals surface area contributed by atoms with Gasteiger partial charge in [-0.25, -0.2) is 0 Å². The molecule has 0 atom stereocenters. The largest absolute Gasteiger partial charge is 0.468 e. The maximum absolute atomic E-state index is 7.66. The van der Waals surface area contributed by atoms with Crippen LogP contribution >= 0.6 is 0 Å². The summed E-state index contributed by atoms with van der Waals surface area (Å²) >= 11 is 0. The van der Waals surface area contributed by atoms with Crippen molar-refractivity contribution in [2.24, 2.45) is 0 Å². The fraction of sp³-hybridized carbons (Fsp3) is 0.492. The number of anilines is 6. The molecule has 3 aliphatic carbocycles. The van der Waals surface area contributed by atoms with E-state index in [9.17, 15) is 0 Å². The maximum Gasteiger partial charge on any atom is 0.297 e. The Morgan fingerprint density at radius 3 is 1.70 bits per heavy atom. The second kappa shape index (κ2) is 14.7. The van der Waals surface area contributed by atoms with E-state index in [4.69, 9.17) is 4.42 Å². The summed E-state index contributed by atoms with van der Waals surface area (Å²) < 4.78 is 7.66. The summed E-state index contributed by atoms with van der Waals surface area (Å²) in [6.45, 7) is 36.1. The summed E-state index contributed by atoms with van der Waals surface area (Å²) in [4.78, 5) is 5.39. The van der Waals surface area contributed by atoms with Crippen molar-refractivity contribution in [2.75, 3.05) is 9.80 Å². The first-order valence-corrected chi connectivity index (χ1v) is 26.2. The van der Waals surface area contributed by atoms with Crippen molar-refractivity contribution >= 4 is 68.4 Å². The van der Waals surface area contributed by atoms with E-state index in [1.54, 1.807) is 0 Å². The zero-order chi connectivity index (χ0) is 47.5. The average molecular weight is 889 g/mol. The number of hydrogen-bond donors (Lipinski definition) is 0. The monoisotopic (exact) mass is 889 g/mol. The summed E-state index contributed by atoms with van der Waals surface area (Å²) in [5.74, 6) is 0.518. The van der Waals surface area contributed by atoms with Gasteiger partial charge in [-0.2, -0.15) is 0 Å². The van der Waals surface area contributed by atoms with E-state index in [1.165, 1.54) is 153 Å². The van der Waals surface area contributed by atoms with Crippen molar-refractivity contribution in [1.82, 2.24) is 0 Å². The molecule has 5 aliphatic rings. The first kappa shape index (κ1) is 44.8. The topological polar surface area (TPSA) is 19.6 Å². The molecule has 67 heavy (non-hydrogen) atoms. The Balaban J connectivity index is 1.28. The lowest BCUT2D eigenvalue weighted by atomic mass is 9.35. The third kappa shape index (κ3) is 6.94. The van der Waals surface area contributed by atoms with Gasteiger partial charge in [-0.3, -0.25) is 0 Å². The second-order valence-electron chi connectivity index (χ2n) is 26.7. The minimum Gasteiger partial charge on any atom is -0.468 e. The van der Waals surface area contributed by atoms with Crippen LogP contribution in [-0.2, 0) is 32.5 Å². The van der Waals surface area contributed by atoms with Gasteiger partial charge in [0.2, 0.25) is 0 Å². The second-order valence-corrected chi connectivity index (χ2v) is 26.7. The SMILES string of the molecule is Cc1cc(C(C)(C)C)ccc1N1c2cc(C(C)(C)C)ccc2B2c3oc4cc5c(cc4c3N(c3ccc4c(c3)C(C)(C)CCC4(C)C)c3cc(C4CCCCC4)cc1c32)C(C)(C)CCC5(C)C. The lowest BCUT2D eigenvalue weighted by molar-refractivity contribution is 0.332. The van der Waals surface area contributed by atoms with Gasteiger partial charge in [-0.05, 0) is 188 Å². The lowest BCUT2D eigenvalue weighted by Crippen LogP contribution is -2.61. The molecule has 0 radical (unpaired) electrons. The molecular formula is C63H77BN2O. The Morgan fingerprint density at radius 1 is 0.537 bits per heavy atom. The highest BCUT2D eigenvalue weighted by atomic mass is 16.3. The predicted octanol–water partition coefficient (Wildman–Crippen LogP) is 16.2. The molecule has 1 aromatic heterocycles. The summed E-state index contributed by atoms with van der Waals surface area (Å²) in [5.41, 5.74) is 24.2. The molecular weight excluding hydrogens is 812 g/mol. The van der Waals surface area contributed by atoms with Crippen molar-refractivity contribution in [3.63, 3.8) is 0 Å². The van der Waals surface area contributed by atoms with Crippen LogP contribution in [0.1, 0.15) is 205 Å². The van der Waals surface area contributed by atoms with Crippen LogP contribution in [-0.4, -0.2) is 6.71 Å². The maximum atomic E-state index is 7.66. The third-order valence-corrected chi connectivity index (χ3v) is 18.0. The number of hydrogen-bond acceptors (Lipinski definition) is 3. The molecule has 0 amide bonds. The van der Waals surface area contributed by atoms with Crippen molar-refractivity contribution in [3.05, 3.63) is 123 Å². The molecule has 0 saturated heterocycles. The van der Waals surface area contributed by atoms with Crippen LogP contribution in [0, 0.1) is 6.92 Å². The van der Waals surface area contributed by atoms with Gasteiger partial charge < -0.3 is 14.2 Å². The molecule has 11 rings (SSSR count). The molecule has 0 N–H and O–H groups in total. The van der Waals surface area contributed by atoms with E-state index in [1.807, 2.05) is 0 Å². The predicted molar refractivity (Wildman–Crippen MR) is 289 cm³/mol. The molecule has 348 valence electrons. The van der Waals surface area contributed by atoms with E-state index in [0.29, 0.717) is 5.92 Å². The highest BCUT2D eigenvalue weighted by Crippen LogP contribution is 2.54. The molecule has 5 aromatic carbocycles. The Hall–Kier alpha value is -4.70. The van der Waals surface area contributed by atoms with E-state index < -0.39 is 0 Å². The van der Waals surface area contributed by atoms with E-state index in [-0.39, 0.29) is 39.2 Å². The number of rotatable bonds is 3. The Labute approximate surface area is 404 Å². The van der Waals surface area contributed by atoms with E-state index >= 15 is 0 Å². The van der Waals surface area contributed by atoms with Gasteiger partial charge in [-0.1, -0.05) is 147 Å². The van der Waals surface area contributed by atoms with Crippen molar-refractivity contribution in [2.45, 2.75) is 200 Å². The molecule has 3 nitrogen and oxygen atoms in total. The van der Waals surface area contributed by atoms with Gasteiger partial charge in [-0.15, -0.1) is 0 Å². The normalized spacial score (nSPS) is 20.3. The number of benzene rings is 5. The number of furan rings is 1. The highest BCUT2D eigenvalue weighted by molar-refractivity contribution is 7.00. The van der Waals surface area contributed by atoms with Crippen LogP contribution in [0.3, 0.4) is 0 Å². The molecule has 2 aliphatic heterocycles. The molecule has 4 heteroatoms. The van der Waals surface area contributed by atoms with E-state index in [2.05, 4.69) is 193 Å². The fourth-order valence-electron chi connectivity index (χ4n) is 13.3. The standard InChI is InChI=1S/C63H77BN2O/c1-38-31-41(58(2,3)4)22-26-50(38)66-51-34-42(59(5,6)7)21-25-49(51)64-55-52(32-40(33-53(55)66)39-19-17-16-18-20-39)65(43-23-24-45-46(35-43)61(10,11)28-27-60(45,8)9)56-44-36-47-48(37-54(44)67-57(56)64)63(14,15)30-29-62(47,12)13/h21-26,31-37,39H,16-20,27-30H2,1-15H3. The fourth-order valence-corrected chi connectivity index (χ4v) is 13.3. The van der Waals surface area contributed by atoms with Crippen LogP contribution in [0.2, 0.25) is 0 Å². The first-order chi connectivity index (χ1) is 31.4. The van der Waals surface area contributed by atoms with Crippen LogP contribution < -0.4 is 26.4 Å². The van der Waals surface area contributed by atoms with Crippen LogP contribution in [0.25, 0.3) is 11.0 Å². The zero-order valence-electron chi connectivity index (χ0n) is 43.8. The van der Waals surface area contributed by atoms with Crippen LogP contribution in [0.15, 0.2) is 83.3 Å². The molecule has 1 saturated carbocycles. The van der Waals surface area contributed by atoms with Gasteiger partial charge in [0.25, 0.3) is 6.71 Å². The third-order valence-electron chi connectivity index (χ3n) is 18.0. The highest BCUT2D eigenvalue weighted by Gasteiger charge is 2.49. The molecule has 0 spiro atoms. The molecule has 0 bridgehead atoms. The minimum absolute atomic E-state index is 0.0252. The Bertz CT molecular complexity index is 3010. The van der Waals surface area contributed by atoms with Crippen LogP contribution in [0.4, 0.5) is 34.1 Å². The Kier molecular flexibility index (Phi) is 9.80. The summed E-state index contributed by atoms with van der Waals surface area (Å²) in [5, 5.41) is 1.25. The smallest absolute Gasteiger partial charge is 0.297 e. The first-order valence-electron chi connectivity index (χ1n) is 26.2. The number of fused-ring (bicyclic) bond motifs is 8. The van der Waals surface area contributed by atoms with Gasteiger partial charge in [0, 0.05) is 33.8 Å². The number of nitrogens with zero attached hydrogens (tertiary/aromatic N) is 2. The van der Waals surface area contributed by atoms with Crippen LogP contribution in [0.5, 0.6) is 0 Å². The van der Waals surface area contributed by atoms with Gasteiger partial charge in [0.05, 0.1) is 11.3 Å². The minimum atomic E-state index is -0.0791. The molecule has 1 fully saturated rings.